The van der Waals surface area contributed by atoms with E-state index in [1.807, 2.05) is 19.9 Å². The van der Waals surface area contributed by atoms with Gasteiger partial charge >= 0.3 is 6.18 Å². The molecule has 114 valence electrons. The fraction of sp³-hybridized carbons (Fsp3) is 0.571. The number of benzene rings is 1. The van der Waals surface area contributed by atoms with Crippen molar-refractivity contribution in [2.75, 3.05) is 18.5 Å². The van der Waals surface area contributed by atoms with Gasteiger partial charge in [-0.15, -0.1) is 0 Å². The molecular weight excluding hydrogens is 289 g/mol. The van der Waals surface area contributed by atoms with Gasteiger partial charge < -0.3 is 10.2 Å². The molecule has 0 aliphatic rings. The van der Waals surface area contributed by atoms with Gasteiger partial charge in [-0.3, -0.25) is 0 Å². The molecule has 20 heavy (non-hydrogen) atoms. The number of hydrogen-bond donors (Lipinski definition) is 1. The molecule has 0 spiro atoms. The molecule has 1 N–H and O–H groups in total. The van der Waals surface area contributed by atoms with Crippen molar-refractivity contribution >= 4 is 17.3 Å². The molecule has 0 saturated heterocycles. The van der Waals surface area contributed by atoms with Gasteiger partial charge in [-0.1, -0.05) is 31.5 Å². The van der Waals surface area contributed by atoms with E-state index in [-0.39, 0.29) is 6.54 Å². The van der Waals surface area contributed by atoms with Crippen LogP contribution in [-0.4, -0.2) is 25.8 Å². The monoisotopic (exact) mass is 308 g/mol. The number of rotatable bonds is 6. The third-order valence-electron chi connectivity index (χ3n) is 2.91. The molecule has 2 nitrogen and oxygen atoms in total. The summed E-state index contributed by atoms with van der Waals surface area (Å²) in [5, 5.41) is 3.81. The second-order valence-corrected chi connectivity index (χ2v) is 5.51. The van der Waals surface area contributed by atoms with Crippen molar-refractivity contribution in [2.45, 2.75) is 39.0 Å². The number of alkyl halides is 3. The Hall–Kier alpha value is -0.940. The predicted molar refractivity (Wildman–Crippen MR) is 77.4 cm³/mol. The summed E-state index contributed by atoms with van der Waals surface area (Å²) in [7, 11) is 1.63. The van der Waals surface area contributed by atoms with Gasteiger partial charge in [0, 0.05) is 36.9 Å². The van der Waals surface area contributed by atoms with E-state index >= 15 is 0 Å². The van der Waals surface area contributed by atoms with Gasteiger partial charge in [0.2, 0.25) is 0 Å². The molecule has 1 aromatic carbocycles. The first-order chi connectivity index (χ1) is 9.19. The molecule has 0 aliphatic carbocycles. The zero-order valence-corrected chi connectivity index (χ0v) is 12.6. The third-order valence-corrected chi connectivity index (χ3v) is 3.26. The zero-order valence-electron chi connectivity index (χ0n) is 11.9. The summed E-state index contributed by atoms with van der Waals surface area (Å²) in [5.41, 5.74) is 1.63. The van der Waals surface area contributed by atoms with E-state index in [0.717, 1.165) is 5.56 Å². The molecule has 0 aliphatic heterocycles. The highest BCUT2D eigenvalue weighted by atomic mass is 35.5. The highest BCUT2D eigenvalue weighted by Crippen LogP contribution is 2.25. The lowest BCUT2D eigenvalue weighted by Gasteiger charge is -2.21. The van der Waals surface area contributed by atoms with Crippen molar-refractivity contribution < 1.29 is 13.2 Å². The Balaban J connectivity index is 2.66. The molecule has 0 amide bonds. The van der Waals surface area contributed by atoms with E-state index in [2.05, 4.69) is 5.32 Å². The van der Waals surface area contributed by atoms with Crippen molar-refractivity contribution in [3.8, 4) is 0 Å². The second kappa shape index (κ2) is 7.18. The van der Waals surface area contributed by atoms with Crippen LogP contribution in [0.25, 0.3) is 0 Å². The van der Waals surface area contributed by atoms with Crippen LogP contribution in [0.4, 0.5) is 18.9 Å². The standard InChI is InChI=1S/C14H20ClF3N2/c1-10(2)19-9-11-4-5-12(8-13(11)15)20(3)7-6-14(16,17)18/h4-5,8,10,19H,6-7,9H2,1-3H3. The van der Waals surface area contributed by atoms with Crippen LogP contribution in [-0.2, 0) is 6.54 Å². The van der Waals surface area contributed by atoms with Crippen molar-refractivity contribution in [3.05, 3.63) is 28.8 Å². The maximum absolute atomic E-state index is 12.2. The highest BCUT2D eigenvalue weighted by Gasteiger charge is 2.27. The molecule has 0 aromatic heterocycles. The maximum atomic E-state index is 12.2. The van der Waals surface area contributed by atoms with Gasteiger partial charge in [0.05, 0.1) is 6.42 Å². The summed E-state index contributed by atoms with van der Waals surface area (Å²) < 4.78 is 36.6. The Labute approximate surface area is 122 Å². The molecule has 0 radical (unpaired) electrons. The summed E-state index contributed by atoms with van der Waals surface area (Å²) in [6.45, 7) is 4.63. The molecule has 1 aromatic rings. The van der Waals surface area contributed by atoms with E-state index in [1.54, 1.807) is 24.1 Å². The lowest BCUT2D eigenvalue weighted by molar-refractivity contribution is -0.132. The van der Waals surface area contributed by atoms with Gasteiger partial charge in [0.25, 0.3) is 0 Å². The number of nitrogens with zero attached hydrogens (tertiary/aromatic N) is 1. The quantitative estimate of drug-likeness (QED) is 0.846. The molecule has 6 heteroatoms. The molecular formula is C14H20ClF3N2. The van der Waals surface area contributed by atoms with Crippen LogP contribution in [0, 0.1) is 0 Å². The van der Waals surface area contributed by atoms with Crippen LogP contribution in [0.1, 0.15) is 25.8 Å². The van der Waals surface area contributed by atoms with Crippen molar-refractivity contribution in [2.24, 2.45) is 0 Å². The predicted octanol–water partition coefficient (Wildman–Crippen LogP) is 4.23. The Kier molecular flexibility index (Phi) is 6.14. The van der Waals surface area contributed by atoms with Crippen molar-refractivity contribution in [1.82, 2.24) is 5.32 Å². The van der Waals surface area contributed by atoms with Crippen molar-refractivity contribution in [1.29, 1.82) is 0 Å². The van der Waals surface area contributed by atoms with Gasteiger partial charge in [0.1, 0.15) is 0 Å². The van der Waals surface area contributed by atoms with Crippen molar-refractivity contribution in [3.63, 3.8) is 0 Å². The smallest absolute Gasteiger partial charge is 0.374 e. The Bertz CT molecular complexity index is 433. The average molecular weight is 309 g/mol. The van der Waals surface area contributed by atoms with Crippen LogP contribution in [0.3, 0.4) is 0 Å². The minimum Gasteiger partial charge on any atom is -0.374 e. The topological polar surface area (TPSA) is 15.3 Å². The number of anilines is 1. The number of halogens is 4. The van der Waals surface area contributed by atoms with Crippen LogP contribution >= 0.6 is 11.6 Å². The maximum Gasteiger partial charge on any atom is 0.390 e. The van der Waals surface area contributed by atoms with Gasteiger partial charge in [-0.25, -0.2) is 0 Å². The summed E-state index contributed by atoms with van der Waals surface area (Å²) in [6, 6.07) is 5.69. The minimum absolute atomic E-state index is 0.0799. The fourth-order valence-electron chi connectivity index (χ4n) is 1.65. The highest BCUT2D eigenvalue weighted by molar-refractivity contribution is 6.31. The number of nitrogens with one attached hydrogen (secondary N) is 1. The van der Waals surface area contributed by atoms with Gasteiger partial charge in [-0.05, 0) is 17.7 Å². The normalized spacial score (nSPS) is 12.0. The van der Waals surface area contributed by atoms with E-state index in [0.29, 0.717) is 23.3 Å². The Morgan fingerprint density at radius 3 is 2.45 bits per heavy atom. The Morgan fingerprint density at radius 1 is 1.30 bits per heavy atom. The lowest BCUT2D eigenvalue weighted by Crippen LogP contribution is -2.24. The lowest BCUT2D eigenvalue weighted by atomic mass is 10.2. The fourth-order valence-corrected chi connectivity index (χ4v) is 1.90. The third kappa shape index (κ3) is 6.01. The van der Waals surface area contributed by atoms with Crippen LogP contribution in [0.15, 0.2) is 18.2 Å². The molecule has 0 unspecified atom stereocenters. The first-order valence-electron chi connectivity index (χ1n) is 6.49. The average Bonchev–Trinajstić information content (AvgIpc) is 2.33. The van der Waals surface area contributed by atoms with E-state index in [1.165, 1.54) is 0 Å². The molecule has 0 saturated carbocycles. The first kappa shape index (κ1) is 17.1. The minimum atomic E-state index is -4.14. The molecule has 0 fully saturated rings. The van der Waals surface area contributed by atoms with Gasteiger partial charge in [0.15, 0.2) is 0 Å². The SMILES string of the molecule is CC(C)NCc1ccc(N(C)CCC(F)(F)F)cc1Cl. The summed E-state index contributed by atoms with van der Waals surface area (Å²) in [6.07, 6.45) is -4.98. The van der Waals surface area contributed by atoms with Crippen LogP contribution < -0.4 is 10.2 Å². The zero-order chi connectivity index (χ0) is 15.3. The number of hydrogen-bond acceptors (Lipinski definition) is 2. The summed E-state index contributed by atoms with van der Waals surface area (Å²) >= 11 is 6.16. The molecule has 0 atom stereocenters. The summed E-state index contributed by atoms with van der Waals surface area (Å²) in [4.78, 5) is 1.55. The second-order valence-electron chi connectivity index (χ2n) is 5.10. The Morgan fingerprint density at radius 2 is 1.95 bits per heavy atom. The van der Waals surface area contributed by atoms with Gasteiger partial charge in [-0.2, -0.15) is 13.2 Å². The van der Waals surface area contributed by atoms with E-state index in [4.69, 9.17) is 11.6 Å². The molecule has 0 bridgehead atoms. The largest absolute Gasteiger partial charge is 0.390 e. The molecule has 0 heterocycles. The first-order valence-corrected chi connectivity index (χ1v) is 6.86. The van der Waals surface area contributed by atoms with E-state index in [9.17, 15) is 13.2 Å². The van der Waals surface area contributed by atoms with Crippen LogP contribution in [0.5, 0.6) is 0 Å². The van der Waals surface area contributed by atoms with Crippen LogP contribution in [0.2, 0.25) is 5.02 Å². The van der Waals surface area contributed by atoms with E-state index < -0.39 is 12.6 Å². The molecule has 1 rings (SSSR count). The summed E-state index contributed by atoms with van der Waals surface area (Å²) in [5.74, 6) is 0.